The number of alkyl halides is 1. The van der Waals surface area contributed by atoms with Gasteiger partial charge in [0.2, 0.25) is 0 Å². The summed E-state index contributed by atoms with van der Waals surface area (Å²) in [6, 6.07) is 0.697. The summed E-state index contributed by atoms with van der Waals surface area (Å²) < 4.78 is 1.15. The Kier molecular flexibility index (Phi) is 4.81. The average Bonchev–Trinajstić information content (AvgIpc) is 2.22. The second kappa shape index (κ2) is 6.14. The first-order valence-corrected chi connectivity index (χ1v) is 7.81. The molecule has 0 spiro atoms. The molecule has 5 heteroatoms. The summed E-state index contributed by atoms with van der Waals surface area (Å²) in [5.41, 5.74) is 0. The number of halogens is 2. The van der Waals surface area contributed by atoms with Crippen molar-refractivity contribution in [3.8, 4) is 0 Å². The number of hydrogen-bond donors (Lipinski definition) is 0. The van der Waals surface area contributed by atoms with Crippen LogP contribution in [0.2, 0.25) is 0 Å². The van der Waals surface area contributed by atoms with Gasteiger partial charge in [0.1, 0.15) is 12.1 Å². The maximum absolute atomic E-state index is 4.43. The first-order chi connectivity index (χ1) is 7.83. The monoisotopic (exact) mass is 395 g/mol. The molecule has 1 aliphatic carbocycles. The smallest absolute Gasteiger partial charge is 0.145 e. The van der Waals surface area contributed by atoms with E-state index in [0.29, 0.717) is 6.04 Å². The van der Waals surface area contributed by atoms with Crippen molar-refractivity contribution in [2.45, 2.75) is 31.7 Å². The van der Waals surface area contributed by atoms with Gasteiger partial charge in [-0.3, -0.25) is 0 Å². The van der Waals surface area contributed by atoms with Gasteiger partial charge in [0, 0.05) is 24.1 Å². The van der Waals surface area contributed by atoms with Gasteiger partial charge in [-0.2, -0.15) is 0 Å². The molecule has 88 valence electrons. The molecule has 0 saturated heterocycles. The molecule has 0 radical (unpaired) electrons. The van der Waals surface area contributed by atoms with Crippen LogP contribution >= 0.6 is 38.5 Å². The highest BCUT2D eigenvalue weighted by atomic mass is 127. The summed E-state index contributed by atoms with van der Waals surface area (Å²) in [6.45, 7) is 1.09. The van der Waals surface area contributed by atoms with Gasteiger partial charge in [-0.05, 0) is 48.3 Å². The summed E-state index contributed by atoms with van der Waals surface area (Å²) in [5, 5.41) is 1.05. The first kappa shape index (κ1) is 12.5. The van der Waals surface area contributed by atoms with Gasteiger partial charge in [0.15, 0.2) is 0 Å². The van der Waals surface area contributed by atoms with Crippen LogP contribution in [0, 0.1) is 3.57 Å². The van der Waals surface area contributed by atoms with E-state index in [4.69, 9.17) is 0 Å². The fraction of sp³-hybridized carbons (Fsp3) is 0.636. The molecule has 1 heterocycles. The molecule has 1 aromatic rings. The van der Waals surface area contributed by atoms with Gasteiger partial charge < -0.3 is 4.90 Å². The quantitative estimate of drug-likeness (QED) is 0.566. The van der Waals surface area contributed by atoms with Gasteiger partial charge in [0.25, 0.3) is 0 Å². The van der Waals surface area contributed by atoms with E-state index in [1.807, 2.05) is 6.20 Å². The lowest BCUT2D eigenvalue weighted by molar-refractivity contribution is 0.383. The normalized spacial score (nSPS) is 15.9. The lowest BCUT2D eigenvalue weighted by Crippen LogP contribution is -2.42. The Bertz CT molecular complexity index is 344. The minimum absolute atomic E-state index is 0.697. The standard InChI is InChI=1S/C11H15BrIN3/c12-5-2-6-16(9-3-1-4-9)11-10(13)7-14-8-15-11/h7-9H,1-6H2. The molecule has 0 aliphatic heterocycles. The van der Waals surface area contributed by atoms with Crippen molar-refractivity contribution in [2.75, 3.05) is 16.8 Å². The van der Waals surface area contributed by atoms with E-state index in [2.05, 4.69) is 53.4 Å². The molecule has 0 aromatic carbocycles. The van der Waals surface area contributed by atoms with E-state index < -0.39 is 0 Å². The van der Waals surface area contributed by atoms with Crippen molar-refractivity contribution >= 4 is 44.3 Å². The van der Waals surface area contributed by atoms with E-state index in [1.54, 1.807) is 6.33 Å². The van der Waals surface area contributed by atoms with Crippen LogP contribution in [-0.2, 0) is 0 Å². The zero-order valence-electron chi connectivity index (χ0n) is 9.07. The zero-order chi connectivity index (χ0) is 11.4. The maximum Gasteiger partial charge on any atom is 0.145 e. The molecule has 1 fully saturated rings. The van der Waals surface area contributed by atoms with E-state index in [9.17, 15) is 0 Å². The summed E-state index contributed by atoms with van der Waals surface area (Å²) >= 11 is 5.82. The molecule has 0 unspecified atom stereocenters. The van der Waals surface area contributed by atoms with Crippen molar-refractivity contribution in [2.24, 2.45) is 0 Å². The highest BCUT2D eigenvalue weighted by Crippen LogP contribution is 2.30. The maximum atomic E-state index is 4.43. The van der Waals surface area contributed by atoms with E-state index in [0.717, 1.165) is 27.7 Å². The first-order valence-electron chi connectivity index (χ1n) is 5.61. The van der Waals surface area contributed by atoms with Crippen LogP contribution in [0.5, 0.6) is 0 Å². The number of anilines is 1. The Balaban J connectivity index is 2.13. The van der Waals surface area contributed by atoms with Gasteiger partial charge in [0.05, 0.1) is 3.57 Å². The third-order valence-corrected chi connectivity index (χ3v) is 4.29. The largest absolute Gasteiger partial charge is 0.353 e. The predicted molar refractivity (Wildman–Crippen MR) is 78.1 cm³/mol. The molecule has 16 heavy (non-hydrogen) atoms. The summed E-state index contributed by atoms with van der Waals surface area (Å²) in [6.07, 6.45) is 8.68. The second-order valence-electron chi connectivity index (χ2n) is 4.01. The van der Waals surface area contributed by atoms with Crippen LogP contribution < -0.4 is 4.90 Å². The van der Waals surface area contributed by atoms with Gasteiger partial charge in [-0.15, -0.1) is 0 Å². The van der Waals surface area contributed by atoms with E-state index >= 15 is 0 Å². The van der Waals surface area contributed by atoms with Crippen LogP contribution in [0.3, 0.4) is 0 Å². The molecular formula is C11H15BrIN3. The molecule has 3 nitrogen and oxygen atoms in total. The third kappa shape index (κ3) is 2.85. The summed E-state index contributed by atoms with van der Waals surface area (Å²) in [5.74, 6) is 1.11. The van der Waals surface area contributed by atoms with Crippen LogP contribution in [0.1, 0.15) is 25.7 Å². The van der Waals surface area contributed by atoms with Crippen LogP contribution in [0.25, 0.3) is 0 Å². The van der Waals surface area contributed by atoms with Crippen LogP contribution in [-0.4, -0.2) is 27.9 Å². The number of rotatable bonds is 5. The highest BCUT2D eigenvalue weighted by molar-refractivity contribution is 14.1. The van der Waals surface area contributed by atoms with E-state index in [1.165, 1.54) is 19.3 Å². The Morgan fingerprint density at radius 1 is 1.50 bits per heavy atom. The van der Waals surface area contributed by atoms with Crippen molar-refractivity contribution in [3.05, 3.63) is 16.1 Å². The van der Waals surface area contributed by atoms with Crippen molar-refractivity contribution in [3.63, 3.8) is 0 Å². The highest BCUT2D eigenvalue weighted by Gasteiger charge is 2.26. The third-order valence-electron chi connectivity index (χ3n) is 2.97. The van der Waals surface area contributed by atoms with Crippen LogP contribution in [0.15, 0.2) is 12.5 Å². The average molecular weight is 396 g/mol. The lowest BCUT2D eigenvalue weighted by atomic mass is 9.91. The SMILES string of the molecule is BrCCCN(c1ncncc1I)C1CCC1. The Labute approximate surface area is 118 Å². The minimum atomic E-state index is 0.697. The molecule has 2 rings (SSSR count). The predicted octanol–water partition coefficient (Wildman–Crippen LogP) is 3.23. The van der Waals surface area contributed by atoms with Crippen molar-refractivity contribution < 1.29 is 0 Å². The Morgan fingerprint density at radius 2 is 2.31 bits per heavy atom. The number of aromatic nitrogens is 2. The number of hydrogen-bond acceptors (Lipinski definition) is 3. The molecule has 0 amide bonds. The molecule has 0 bridgehead atoms. The molecule has 0 N–H and O–H groups in total. The zero-order valence-corrected chi connectivity index (χ0v) is 12.8. The van der Waals surface area contributed by atoms with Crippen molar-refractivity contribution in [1.82, 2.24) is 9.97 Å². The fourth-order valence-electron chi connectivity index (χ4n) is 1.91. The fourth-order valence-corrected chi connectivity index (χ4v) is 2.77. The van der Waals surface area contributed by atoms with Gasteiger partial charge >= 0.3 is 0 Å². The Hall–Kier alpha value is 0.0900. The summed E-state index contributed by atoms with van der Waals surface area (Å²) in [7, 11) is 0. The van der Waals surface area contributed by atoms with Crippen molar-refractivity contribution in [1.29, 1.82) is 0 Å². The lowest BCUT2D eigenvalue weighted by Gasteiger charge is -2.38. The Morgan fingerprint density at radius 3 is 2.88 bits per heavy atom. The van der Waals surface area contributed by atoms with Crippen LogP contribution in [0.4, 0.5) is 5.82 Å². The second-order valence-corrected chi connectivity index (χ2v) is 5.97. The summed E-state index contributed by atoms with van der Waals surface area (Å²) in [4.78, 5) is 10.9. The molecule has 0 atom stereocenters. The number of nitrogens with zero attached hydrogens (tertiary/aromatic N) is 3. The topological polar surface area (TPSA) is 29.0 Å². The molecule has 1 aromatic heterocycles. The molecular weight excluding hydrogens is 381 g/mol. The van der Waals surface area contributed by atoms with E-state index in [-0.39, 0.29) is 0 Å². The molecule has 1 saturated carbocycles. The van der Waals surface area contributed by atoms with Gasteiger partial charge in [-0.25, -0.2) is 9.97 Å². The minimum Gasteiger partial charge on any atom is -0.353 e. The van der Waals surface area contributed by atoms with Gasteiger partial charge in [-0.1, -0.05) is 15.9 Å². The molecule has 1 aliphatic rings.